The molecule has 2 aliphatic rings. The molecular formula is C23H29N5O3. The second-order valence-corrected chi connectivity index (χ2v) is 7.73. The number of carbonyl (C=O) groups is 1. The molecule has 0 radical (unpaired) electrons. The van der Waals surface area contributed by atoms with E-state index in [1.165, 1.54) is 31.0 Å². The van der Waals surface area contributed by atoms with E-state index in [1.54, 1.807) is 18.5 Å². The van der Waals surface area contributed by atoms with Gasteiger partial charge in [0.25, 0.3) is 5.91 Å². The van der Waals surface area contributed by atoms with Crippen LogP contribution in [-0.4, -0.2) is 41.9 Å². The van der Waals surface area contributed by atoms with Crippen LogP contribution in [0.25, 0.3) is 6.08 Å². The molecular weight excluding hydrogens is 394 g/mol. The first kappa shape index (κ1) is 21.3. The van der Waals surface area contributed by atoms with Gasteiger partial charge in [-0.3, -0.25) is 9.78 Å². The van der Waals surface area contributed by atoms with Crippen LogP contribution in [0.15, 0.2) is 42.7 Å². The maximum atomic E-state index is 11.9. The number of piperidine rings is 1. The Balaban J connectivity index is 1.31. The van der Waals surface area contributed by atoms with Crippen LogP contribution in [0.3, 0.4) is 0 Å². The summed E-state index contributed by atoms with van der Waals surface area (Å²) in [7, 11) is 0. The second-order valence-electron chi connectivity index (χ2n) is 7.73. The number of para-hydroxylation sites is 2. The Bertz CT molecular complexity index is 875. The van der Waals surface area contributed by atoms with Crippen molar-refractivity contribution in [3.8, 4) is 0 Å². The largest absolute Gasteiger partial charge is 0.370 e. The zero-order valence-electron chi connectivity index (χ0n) is 17.6. The van der Waals surface area contributed by atoms with E-state index in [-0.39, 0.29) is 12.2 Å². The highest BCUT2D eigenvalue weighted by Crippen LogP contribution is 2.30. The standard InChI is InChI=1S/C23H29N5O3/c29-22(27-31-23-10-4-7-15-30-23)12-11-18-16-25-21(17-24-18)26-19-8-2-3-9-20(19)28-13-5-1-6-14-28/h2-3,8-9,11-12,16-17,23H,1,4-7,10,13-15H2,(H,25,26)(H,27,29)/b12-11+. The minimum Gasteiger partial charge on any atom is -0.370 e. The summed E-state index contributed by atoms with van der Waals surface area (Å²) >= 11 is 0. The number of hydrogen-bond acceptors (Lipinski definition) is 7. The lowest BCUT2D eigenvalue weighted by Crippen LogP contribution is -2.32. The normalized spacial score (nSPS) is 19.4. The highest BCUT2D eigenvalue weighted by molar-refractivity contribution is 5.90. The fourth-order valence-corrected chi connectivity index (χ4v) is 3.74. The summed E-state index contributed by atoms with van der Waals surface area (Å²) in [5.74, 6) is 0.289. The number of nitrogens with one attached hydrogen (secondary N) is 2. The summed E-state index contributed by atoms with van der Waals surface area (Å²) in [6.45, 7) is 2.81. The van der Waals surface area contributed by atoms with Crippen LogP contribution in [0, 0.1) is 0 Å². The van der Waals surface area contributed by atoms with Crippen LogP contribution < -0.4 is 15.7 Å². The summed E-state index contributed by atoms with van der Waals surface area (Å²) in [4.78, 5) is 28.4. The third-order valence-electron chi connectivity index (χ3n) is 5.37. The Morgan fingerprint density at radius 2 is 1.97 bits per heavy atom. The van der Waals surface area contributed by atoms with Gasteiger partial charge in [0.15, 0.2) is 6.29 Å². The van der Waals surface area contributed by atoms with Gasteiger partial charge in [-0.2, -0.15) is 0 Å². The lowest BCUT2D eigenvalue weighted by Gasteiger charge is -2.30. The predicted molar refractivity (Wildman–Crippen MR) is 120 cm³/mol. The summed E-state index contributed by atoms with van der Waals surface area (Å²) < 4.78 is 5.41. The molecule has 8 heteroatoms. The molecule has 4 rings (SSSR count). The molecule has 8 nitrogen and oxygen atoms in total. The molecule has 0 saturated carbocycles. The molecule has 3 heterocycles. The molecule has 0 bridgehead atoms. The van der Waals surface area contributed by atoms with Gasteiger partial charge in [0.2, 0.25) is 0 Å². The second kappa shape index (κ2) is 10.9. The Morgan fingerprint density at radius 3 is 2.74 bits per heavy atom. The van der Waals surface area contributed by atoms with E-state index >= 15 is 0 Å². The van der Waals surface area contributed by atoms with Crippen molar-refractivity contribution in [1.82, 2.24) is 15.4 Å². The molecule has 164 valence electrons. The van der Waals surface area contributed by atoms with Crippen molar-refractivity contribution >= 4 is 29.2 Å². The van der Waals surface area contributed by atoms with Gasteiger partial charge in [0, 0.05) is 32.2 Å². The minimum atomic E-state index is -0.371. The average Bonchev–Trinajstić information content (AvgIpc) is 2.84. The van der Waals surface area contributed by atoms with E-state index in [9.17, 15) is 4.79 Å². The summed E-state index contributed by atoms with van der Waals surface area (Å²) in [6.07, 6.45) is 12.5. The van der Waals surface area contributed by atoms with Gasteiger partial charge in [-0.1, -0.05) is 12.1 Å². The van der Waals surface area contributed by atoms with Gasteiger partial charge < -0.3 is 15.0 Å². The van der Waals surface area contributed by atoms with Crippen LogP contribution in [0.2, 0.25) is 0 Å². The molecule has 2 fully saturated rings. The number of anilines is 3. The van der Waals surface area contributed by atoms with Gasteiger partial charge in [-0.25, -0.2) is 15.3 Å². The predicted octanol–water partition coefficient (Wildman–Crippen LogP) is 3.80. The van der Waals surface area contributed by atoms with Crippen molar-refractivity contribution in [1.29, 1.82) is 0 Å². The lowest BCUT2D eigenvalue weighted by atomic mass is 10.1. The highest BCUT2D eigenvalue weighted by atomic mass is 16.8. The van der Waals surface area contributed by atoms with Gasteiger partial charge in [-0.15, -0.1) is 0 Å². The summed E-state index contributed by atoms with van der Waals surface area (Å²) in [6, 6.07) is 8.26. The van der Waals surface area contributed by atoms with Gasteiger partial charge in [-0.05, 0) is 50.3 Å². The maximum absolute atomic E-state index is 11.9. The molecule has 0 spiro atoms. The first-order valence-corrected chi connectivity index (χ1v) is 11.0. The summed E-state index contributed by atoms with van der Waals surface area (Å²) in [5.41, 5.74) is 5.17. The molecule has 2 saturated heterocycles. The maximum Gasteiger partial charge on any atom is 0.267 e. The van der Waals surface area contributed by atoms with Crippen LogP contribution in [0.5, 0.6) is 0 Å². The molecule has 2 N–H and O–H groups in total. The molecule has 1 aromatic heterocycles. The van der Waals surface area contributed by atoms with E-state index in [0.29, 0.717) is 18.1 Å². The molecule has 31 heavy (non-hydrogen) atoms. The average molecular weight is 424 g/mol. The molecule has 1 unspecified atom stereocenters. The van der Waals surface area contributed by atoms with Gasteiger partial charge >= 0.3 is 0 Å². The van der Waals surface area contributed by atoms with Crippen LogP contribution in [-0.2, 0) is 14.4 Å². The number of amides is 1. The van der Waals surface area contributed by atoms with E-state index in [1.807, 2.05) is 6.07 Å². The van der Waals surface area contributed by atoms with Crippen molar-refractivity contribution in [2.24, 2.45) is 0 Å². The quantitative estimate of drug-likeness (QED) is 0.517. The molecule has 1 aromatic carbocycles. The van der Waals surface area contributed by atoms with Gasteiger partial charge in [0.05, 0.1) is 29.5 Å². The zero-order valence-corrected chi connectivity index (χ0v) is 17.6. The van der Waals surface area contributed by atoms with E-state index in [2.05, 4.69) is 43.9 Å². The van der Waals surface area contributed by atoms with Crippen LogP contribution in [0.4, 0.5) is 17.2 Å². The number of hydrogen-bond donors (Lipinski definition) is 2. The molecule has 1 amide bonds. The fraction of sp³-hybridized carbons (Fsp3) is 0.435. The Morgan fingerprint density at radius 1 is 1.10 bits per heavy atom. The van der Waals surface area contributed by atoms with Crippen molar-refractivity contribution in [2.45, 2.75) is 44.8 Å². The van der Waals surface area contributed by atoms with Crippen LogP contribution in [0.1, 0.15) is 44.2 Å². The fourth-order valence-electron chi connectivity index (χ4n) is 3.74. The number of rotatable bonds is 7. The van der Waals surface area contributed by atoms with Crippen molar-refractivity contribution < 1.29 is 14.4 Å². The highest BCUT2D eigenvalue weighted by Gasteiger charge is 2.15. The smallest absolute Gasteiger partial charge is 0.267 e. The van der Waals surface area contributed by atoms with Crippen molar-refractivity contribution in [3.63, 3.8) is 0 Å². The first-order chi connectivity index (χ1) is 15.3. The number of carbonyl (C=O) groups excluding carboxylic acids is 1. The number of benzene rings is 1. The third-order valence-corrected chi connectivity index (χ3v) is 5.37. The number of hydroxylamine groups is 1. The van der Waals surface area contributed by atoms with Crippen molar-refractivity contribution in [3.05, 3.63) is 48.4 Å². The molecule has 2 aromatic rings. The Labute approximate surface area is 182 Å². The number of nitrogens with zero attached hydrogens (tertiary/aromatic N) is 3. The number of ether oxygens (including phenoxy) is 1. The number of aromatic nitrogens is 2. The van der Waals surface area contributed by atoms with E-state index in [0.717, 1.165) is 38.0 Å². The SMILES string of the molecule is O=C(/C=C/c1cnc(Nc2ccccc2N2CCCCC2)cn1)NOC1CCCCO1. The Kier molecular flexibility index (Phi) is 7.46. The molecule has 0 aliphatic carbocycles. The zero-order chi connectivity index (χ0) is 21.3. The third kappa shape index (κ3) is 6.26. The molecule has 1 atom stereocenters. The topological polar surface area (TPSA) is 88.6 Å². The van der Waals surface area contributed by atoms with Gasteiger partial charge in [0.1, 0.15) is 5.82 Å². The van der Waals surface area contributed by atoms with Crippen LogP contribution >= 0.6 is 0 Å². The lowest BCUT2D eigenvalue weighted by molar-refractivity contribution is -0.198. The van der Waals surface area contributed by atoms with Crippen molar-refractivity contribution in [2.75, 3.05) is 29.9 Å². The Hall–Kier alpha value is -2.97. The summed E-state index contributed by atoms with van der Waals surface area (Å²) in [5, 5.41) is 3.37. The molecule has 2 aliphatic heterocycles. The first-order valence-electron chi connectivity index (χ1n) is 11.0. The minimum absolute atomic E-state index is 0.367. The van der Waals surface area contributed by atoms with E-state index in [4.69, 9.17) is 9.57 Å². The van der Waals surface area contributed by atoms with E-state index < -0.39 is 0 Å². The monoisotopic (exact) mass is 423 g/mol.